The number of esters is 2. The monoisotopic (exact) mass is 396 g/mol. The first-order valence-electron chi connectivity index (χ1n) is 8.65. The van der Waals surface area contributed by atoms with Gasteiger partial charge in [0.05, 0.1) is 20.6 Å². The molecule has 2 amide bonds. The normalized spacial score (nSPS) is 13.6. The Balaban J connectivity index is 3.00. The maximum Gasteiger partial charge on any atom is 0.328 e. The Morgan fingerprint density at radius 2 is 1.71 bits per heavy atom. The van der Waals surface area contributed by atoms with E-state index in [0.29, 0.717) is 0 Å². The molecule has 154 valence electrons. The van der Waals surface area contributed by atoms with Gasteiger partial charge in [-0.25, -0.2) is 9.18 Å². The largest absolute Gasteiger partial charge is 0.469 e. The number of methoxy groups -OCH3 is 2. The molecule has 28 heavy (non-hydrogen) atoms. The highest BCUT2D eigenvalue weighted by molar-refractivity contribution is 5.90. The van der Waals surface area contributed by atoms with Crippen LogP contribution in [0.4, 0.5) is 4.39 Å². The molecule has 0 saturated heterocycles. The molecule has 0 aliphatic heterocycles. The number of hydrogen-bond acceptors (Lipinski definition) is 6. The number of nitrogens with one attached hydrogen (secondary N) is 2. The number of carbonyl (C=O) groups is 4. The number of hydrogen-bond donors (Lipinski definition) is 2. The number of benzene rings is 1. The van der Waals surface area contributed by atoms with Crippen molar-refractivity contribution in [2.45, 2.75) is 38.8 Å². The van der Waals surface area contributed by atoms with Gasteiger partial charge in [-0.1, -0.05) is 25.1 Å². The molecule has 0 heterocycles. The second-order valence-electron chi connectivity index (χ2n) is 6.32. The summed E-state index contributed by atoms with van der Waals surface area (Å²) in [5, 5.41) is 4.93. The Bertz CT molecular complexity index is 724. The van der Waals surface area contributed by atoms with Crippen LogP contribution in [0, 0.1) is 11.7 Å². The van der Waals surface area contributed by atoms with E-state index in [-0.39, 0.29) is 18.4 Å². The van der Waals surface area contributed by atoms with Crippen molar-refractivity contribution in [1.29, 1.82) is 0 Å². The number of amides is 2. The summed E-state index contributed by atoms with van der Waals surface area (Å²) in [6.45, 7) is 2.79. The van der Waals surface area contributed by atoms with E-state index in [9.17, 15) is 23.6 Å². The van der Waals surface area contributed by atoms with E-state index >= 15 is 0 Å². The third kappa shape index (κ3) is 6.98. The van der Waals surface area contributed by atoms with Crippen molar-refractivity contribution in [3.05, 3.63) is 35.6 Å². The SMILES string of the molecule is COC(=O)C[C@@H](C)[C@H](NC(=O)[C@@H](Cc1ccccc1F)NC(C)=O)C(=O)OC. The van der Waals surface area contributed by atoms with Crippen LogP contribution in [0.5, 0.6) is 0 Å². The Morgan fingerprint density at radius 3 is 2.25 bits per heavy atom. The van der Waals surface area contributed by atoms with Gasteiger partial charge < -0.3 is 20.1 Å². The van der Waals surface area contributed by atoms with Gasteiger partial charge >= 0.3 is 11.9 Å². The molecule has 0 radical (unpaired) electrons. The molecule has 0 bridgehead atoms. The third-order valence-electron chi connectivity index (χ3n) is 4.11. The van der Waals surface area contributed by atoms with E-state index in [0.717, 1.165) is 7.11 Å². The smallest absolute Gasteiger partial charge is 0.328 e. The average molecular weight is 396 g/mol. The molecule has 0 fully saturated rings. The molecule has 2 N–H and O–H groups in total. The van der Waals surface area contributed by atoms with Crippen LogP contribution in [0.3, 0.4) is 0 Å². The van der Waals surface area contributed by atoms with E-state index in [1.807, 2.05) is 0 Å². The molecule has 0 unspecified atom stereocenters. The van der Waals surface area contributed by atoms with Gasteiger partial charge in [0.25, 0.3) is 0 Å². The van der Waals surface area contributed by atoms with E-state index in [1.165, 1.54) is 32.2 Å². The quantitative estimate of drug-likeness (QED) is 0.596. The van der Waals surface area contributed by atoms with Gasteiger partial charge in [-0.15, -0.1) is 0 Å². The number of ether oxygens (including phenoxy) is 2. The molecule has 8 nitrogen and oxygen atoms in total. The highest BCUT2D eigenvalue weighted by atomic mass is 19.1. The summed E-state index contributed by atoms with van der Waals surface area (Å²) >= 11 is 0. The minimum absolute atomic E-state index is 0.114. The fourth-order valence-electron chi connectivity index (χ4n) is 2.62. The molecule has 1 rings (SSSR count). The number of halogens is 1. The summed E-state index contributed by atoms with van der Waals surface area (Å²) in [6.07, 6.45) is -0.244. The van der Waals surface area contributed by atoms with Gasteiger partial charge in [-0.3, -0.25) is 14.4 Å². The maximum absolute atomic E-state index is 13.9. The van der Waals surface area contributed by atoms with Crippen LogP contribution in [0.1, 0.15) is 25.8 Å². The van der Waals surface area contributed by atoms with Crippen molar-refractivity contribution in [3.63, 3.8) is 0 Å². The molecule has 3 atom stereocenters. The molecule has 0 aromatic heterocycles. The van der Waals surface area contributed by atoms with E-state index < -0.39 is 47.6 Å². The summed E-state index contributed by atoms with van der Waals surface area (Å²) in [6, 6.07) is 3.59. The van der Waals surface area contributed by atoms with E-state index in [1.54, 1.807) is 13.0 Å². The Hall–Kier alpha value is -2.97. The number of rotatable bonds is 9. The van der Waals surface area contributed by atoms with Crippen LogP contribution < -0.4 is 10.6 Å². The van der Waals surface area contributed by atoms with Gasteiger partial charge in [-0.05, 0) is 17.5 Å². The molecule has 9 heteroatoms. The lowest BCUT2D eigenvalue weighted by Gasteiger charge is -2.25. The van der Waals surface area contributed by atoms with Crippen LogP contribution in [0.15, 0.2) is 24.3 Å². The van der Waals surface area contributed by atoms with E-state index in [4.69, 9.17) is 4.74 Å². The van der Waals surface area contributed by atoms with Crippen molar-refractivity contribution >= 4 is 23.8 Å². The lowest BCUT2D eigenvalue weighted by atomic mass is 9.97. The second-order valence-corrected chi connectivity index (χ2v) is 6.32. The summed E-state index contributed by atoms with van der Waals surface area (Å²) in [7, 11) is 2.36. The first-order valence-corrected chi connectivity index (χ1v) is 8.65. The molecule has 0 aliphatic carbocycles. The van der Waals surface area contributed by atoms with Crippen LogP contribution >= 0.6 is 0 Å². The first-order chi connectivity index (χ1) is 13.2. The third-order valence-corrected chi connectivity index (χ3v) is 4.11. The maximum atomic E-state index is 13.9. The zero-order valence-electron chi connectivity index (χ0n) is 16.3. The Labute approximate surface area is 162 Å². The predicted octanol–water partition coefficient (Wildman–Crippen LogP) is 0.730. The standard InChI is InChI=1S/C19H25FN2O6/c1-11(9-16(24)27-3)17(19(26)28-4)22-18(25)15(21-12(2)23)10-13-7-5-6-8-14(13)20/h5-8,11,15,17H,9-10H2,1-4H3,(H,21,23)(H,22,25)/t11-,15-,17+/m1/s1. The fourth-order valence-corrected chi connectivity index (χ4v) is 2.62. The number of carbonyl (C=O) groups excluding carboxylic acids is 4. The molecule has 1 aromatic rings. The predicted molar refractivity (Wildman–Crippen MR) is 97.5 cm³/mol. The second kappa shape index (κ2) is 11.0. The lowest BCUT2D eigenvalue weighted by Crippen LogP contribution is -2.54. The molecule has 1 aromatic carbocycles. The summed E-state index contributed by atoms with van der Waals surface area (Å²) in [5.74, 6) is -3.65. The Kier molecular flexibility index (Phi) is 9.07. The van der Waals surface area contributed by atoms with Crippen LogP contribution in [0.25, 0.3) is 0 Å². The fraction of sp³-hybridized carbons (Fsp3) is 0.474. The zero-order chi connectivity index (χ0) is 21.3. The molecule has 0 aliphatic rings. The van der Waals surface area contributed by atoms with Crippen molar-refractivity contribution in [2.75, 3.05) is 14.2 Å². The minimum Gasteiger partial charge on any atom is -0.469 e. The van der Waals surface area contributed by atoms with Gasteiger partial charge in [0, 0.05) is 13.3 Å². The Morgan fingerprint density at radius 1 is 1.07 bits per heavy atom. The molecular formula is C19H25FN2O6. The summed E-state index contributed by atoms with van der Waals surface area (Å²) in [5.41, 5.74) is 0.230. The summed E-state index contributed by atoms with van der Waals surface area (Å²) in [4.78, 5) is 47.8. The molecule has 0 spiro atoms. The van der Waals surface area contributed by atoms with Crippen molar-refractivity contribution in [1.82, 2.24) is 10.6 Å². The highest BCUT2D eigenvalue weighted by Crippen LogP contribution is 2.13. The van der Waals surface area contributed by atoms with E-state index in [2.05, 4.69) is 15.4 Å². The van der Waals surface area contributed by atoms with Crippen LogP contribution in [-0.4, -0.2) is 50.1 Å². The van der Waals surface area contributed by atoms with Crippen molar-refractivity contribution in [2.24, 2.45) is 5.92 Å². The average Bonchev–Trinajstić information content (AvgIpc) is 2.65. The van der Waals surface area contributed by atoms with Gasteiger partial charge in [0.15, 0.2) is 0 Å². The van der Waals surface area contributed by atoms with Gasteiger partial charge in [0.2, 0.25) is 11.8 Å². The van der Waals surface area contributed by atoms with Crippen molar-refractivity contribution in [3.8, 4) is 0 Å². The zero-order valence-corrected chi connectivity index (χ0v) is 16.3. The van der Waals surface area contributed by atoms with Crippen LogP contribution in [0.2, 0.25) is 0 Å². The van der Waals surface area contributed by atoms with Gasteiger partial charge in [0.1, 0.15) is 17.9 Å². The lowest BCUT2D eigenvalue weighted by molar-refractivity contribution is -0.148. The van der Waals surface area contributed by atoms with Gasteiger partial charge in [-0.2, -0.15) is 0 Å². The molecule has 0 saturated carbocycles. The summed E-state index contributed by atoms with van der Waals surface area (Å²) < 4.78 is 23.2. The van der Waals surface area contributed by atoms with Crippen LogP contribution in [-0.2, 0) is 35.1 Å². The highest BCUT2D eigenvalue weighted by Gasteiger charge is 2.32. The first kappa shape index (κ1) is 23.1. The minimum atomic E-state index is -1.14. The molecular weight excluding hydrogens is 371 g/mol. The topological polar surface area (TPSA) is 111 Å². The van der Waals surface area contributed by atoms with Crippen molar-refractivity contribution < 1.29 is 33.0 Å².